The fraction of sp³-hybridized carbons (Fsp3) is 0.294. The van der Waals surface area contributed by atoms with Crippen molar-refractivity contribution in [2.24, 2.45) is 0 Å². The molecular weight excluding hydrogens is 322 g/mol. The minimum Gasteiger partial charge on any atom is -0.507 e. The molecule has 0 amide bonds. The number of hydrogen-bond acceptors (Lipinski definition) is 7. The van der Waals surface area contributed by atoms with Crippen LogP contribution < -0.4 is 5.32 Å². The van der Waals surface area contributed by atoms with E-state index in [9.17, 15) is 5.11 Å². The normalized spacial score (nSPS) is 15.7. The Balaban J connectivity index is 1.59. The molecule has 1 aromatic carbocycles. The monoisotopic (exact) mass is 339 g/mol. The van der Waals surface area contributed by atoms with Crippen molar-refractivity contribution in [1.29, 1.82) is 0 Å². The molecule has 0 radical (unpaired) electrons. The molecule has 2 aromatic heterocycles. The highest BCUT2D eigenvalue weighted by Gasteiger charge is 2.16. The van der Waals surface area contributed by atoms with Crippen LogP contribution in [0.4, 0.5) is 0 Å². The Hall–Kier alpha value is -2.25. The Morgan fingerprint density at radius 1 is 1.08 bits per heavy atom. The van der Waals surface area contributed by atoms with Crippen LogP contribution in [0.1, 0.15) is 12.8 Å². The quantitative estimate of drug-likeness (QED) is 0.759. The van der Waals surface area contributed by atoms with Gasteiger partial charge in [-0.2, -0.15) is 0 Å². The van der Waals surface area contributed by atoms with E-state index in [0.717, 1.165) is 41.7 Å². The first kappa shape index (κ1) is 15.3. The first-order valence-corrected chi connectivity index (χ1v) is 8.82. The van der Waals surface area contributed by atoms with Crippen molar-refractivity contribution in [1.82, 2.24) is 25.5 Å². The summed E-state index contributed by atoms with van der Waals surface area (Å²) in [6, 6.07) is 5.44. The summed E-state index contributed by atoms with van der Waals surface area (Å²) in [4.78, 5) is 8.46. The van der Waals surface area contributed by atoms with Crippen molar-refractivity contribution in [3.8, 4) is 17.1 Å². The average molecular weight is 339 g/mol. The van der Waals surface area contributed by atoms with Gasteiger partial charge in [0.05, 0.1) is 11.8 Å². The molecule has 0 bridgehead atoms. The topological polar surface area (TPSA) is 83.8 Å². The van der Waals surface area contributed by atoms with Crippen molar-refractivity contribution in [3.63, 3.8) is 0 Å². The van der Waals surface area contributed by atoms with E-state index in [0.29, 0.717) is 16.6 Å². The Labute approximate surface area is 143 Å². The summed E-state index contributed by atoms with van der Waals surface area (Å²) in [5, 5.41) is 25.3. The van der Waals surface area contributed by atoms with Crippen LogP contribution in [0.2, 0.25) is 0 Å². The van der Waals surface area contributed by atoms with Gasteiger partial charge in [-0.15, -0.1) is 10.2 Å². The summed E-state index contributed by atoms with van der Waals surface area (Å²) in [6.45, 7) is 2.10. The standard InChI is InChI=1S/C17H17N5OS/c23-15-8-12-9-19-4-1-11(12)7-14(15)17-20-10-16(21-22-17)24-13-2-5-18-6-3-13/h1,4,7-10,13,18,23H,2-3,5-6H2. The SMILES string of the molecule is Oc1cc2cnccc2cc1-c1ncc(SC2CCNCC2)nn1. The largest absolute Gasteiger partial charge is 0.507 e. The van der Waals surface area contributed by atoms with Gasteiger partial charge in [0, 0.05) is 23.0 Å². The van der Waals surface area contributed by atoms with E-state index in [2.05, 4.69) is 25.5 Å². The van der Waals surface area contributed by atoms with Gasteiger partial charge in [0.25, 0.3) is 0 Å². The third-order valence-corrected chi connectivity index (χ3v) is 5.34. The molecule has 0 saturated carbocycles. The van der Waals surface area contributed by atoms with E-state index in [1.165, 1.54) is 0 Å². The van der Waals surface area contributed by atoms with Crippen LogP contribution in [0, 0.1) is 0 Å². The number of phenolic OH excluding ortho intramolecular Hbond substituents is 1. The minimum atomic E-state index is 0.135. The van der Waals surface area contributed by atoms with E-state index < -0.39 is 0 Å². The maximum absolute atomic E-state index is 10.2. The van der Waals surface area contributed by atoms with E-state index in [1.807, 2.05) is 12.1 Å². The fourth-order valence-electron chi connectivity index (χ4n) is 2.83. The highest BCUT2D eigenvalue weighted by atomic mass is 32.2. The van der Waals surface area contributed by atoms with E-state index in [1.54, 1.807) is 36.4 Å². The van der Waals surface area contributed by atoms with Crippen LogP contribution in [0.15, 0.2) is 41.8 Å². The number of aromatic nitrogens is 4. The molecule has 1 aliphatic heterocycles. The Kier molecular flexibility index (Phi) is 4.27. The number of piperidine rings is 1. The number of benzene rings is 1. The zero-order valence-corrected chi connectivity index (χ0v) is 13.8. The molecule has 24 heavy (non-hydrogen) atoms. The summed E-state index contributed by atoms with van der Waals surface area (Å²) in [7, 11) is 0. The number of nitrogens with one attached hydrogen (secondary N) is 1. The van der Waals surface area contributed by atoms with Gasteiger partial charge in [-0.25, -0.2) is 4.98 Å². The summed E-state index contributed by atoms with van der Waals surface area (Å²) < 4.78 is 0. The molecule has 6 nitrogen and oxygen atoms in total. The average Bonchev–Trinajstić information content (AvgIpc) is 2.63. The predicted octanol–water partition coefficient (Wildman–Crippen LogP) is 2.64. The lowest BCUT2D eigenvalue weighted by molar-refractivity contribution is 0.477. The van der Waals surface area contributed by atoms with Gasteiger partial charge in [-0.3, -0.25) is 4.98 Å². The summed E-state index contributed by atoms with van der Waals surface area (Å²) >= 11 is 1.73. The molecule has 122 valence electrons. The summed E-state index contributed by atoms with van der Waals surface area (Å²) in [5.41, 5.74) is 0.583. The van der Waals surface area contributed by atoms with Crippen molar-refractivity contribution < 1.29 is 5.11 Å². The van der Waals surface area contributed by atoms with Gasteiger partial charge in [-0.1, -0.05) is 11.8 Å². The Morgan fingerprint density at radius 2 is 1.96 bits per heavy atom. The van der Waals surface area contributed by atoms with Crippen LogP contribution in [-0.2, 0) is 0 Å². The molecule has 2 N–H and O–H groups in total. The molecule has 7 heteroatoms. The molecule has 0 unspecified atom stereocenters. The molecule has 3 aromatic rings. The van der Waals surface area contributed by atoms with E-state index in [-0.39, 0.29) is 5.75 Å². The first-order chi connectivity index (χ1) is 11.8. The van der Waals surface area contributed by atoms with Crippen LogP contribution in [0.3, 0.4) is 0 Å². The third-order valence-electron chi connectivity index (χ3n) is 4.11. The molecule has 0 atom stereocenters. The van der Waals surface area contributed by atoms with Crippen molar-refractivity contribution in [3.05, 3.63) is 36.8 Å². The molecule has 3 heterocycles. The number of phenols is 1. The van der Waals surface area contributed by atoms with Gasteiger partial charge in [0.2, 0.25) is 0 Å². The van der Waals surface area contributed by atoms with Crippen molar-refractivity contribution >= 4 is 22.5 Å². The lowest BCUT2D eigenvalue weighted by atomic mass is 10.1. The molecule has 1 saturated heterocycles. The summed E-state index contributed by atoms with van der Waals surface area (Å²) in [5.74, 6) is 0.567. The smallest absolute Gasteiger partial charge is 0.185 e. The molecule has 4 rings (SSSR count). The third kappa shape index (κ3) is 3.18. The first-order valence-electron chi connectivity index (χ1n) is 7.94. The van der Waals surface area contributed by atoms with Crippen molar-refractivity contribution in [2.45, 2.75) is 23.1 Å². The number of fused-ring (bicyclic) bond motifs is 1. The Morgan fingerprint density at radius 3 is 2.75 bits per heavy atom. The van der Waals surface area contributed by atoms with Gasteiger partial charge >= 0.3 is 0 Å². The van der Waals surface area contributed by atoms with E-state index in [4.69, 9.17) is 0 Å². The van der Waals surface area contributed by atoms with Gasteiger partial charge in [-0.05, 0) is 49.5 Å². The second-order valence-electron chi connectivity index (χ2n) is 5.78. The molecule has 0 spiro atoms. The molecule has 1 aliphatic rings. The van der Waals surface area contributed by atoms with Gasteiger partial charge < -0.3 is 10.4 Å². The highest BCUT2D eigenvalue weighted by molar-refractivity contribution is 7.99. The lowest BCUT2D eigenvalue weighted by Crippen LogP contribution is -2.29. The second kappa shape index (κ2) is 6.70. The van der Waals surface area contributed by atoms with Gasteiger partial charge in [0.15, 0.2) is 5.82 Å². The maximum atomic E-state index is 10.2. The number of nitrogens with zero attached hydrogens (tertiary/aromatic N) is 4. The van der Waals surface area contributed by atoms with Crippen LogP contribution in [0.25, 0.3) is 22.2 Å². The summed E-state index contributed by atoms with van der Waals surface area (Å²) in [6.07, 6.45) is 7.45. The number of thioether (sulfide) groups is 1. The van der Waals surface area contributed by atoms with Gasteiger partial charge in [0.1, 0.15) is 10.8 Å². The number of pyridine rings is 1. The molecule has 0 aliphatic carbocycles. The van der Waals surface area contributed by atoms with Crippen molar-refractivity contribution in [2.75, 3.05) is 13.1 Å². The molecule has 1 fully saturated rings. The zero-order valence-electron chi connectivity index (χ0n) is 13.0. The second-order valence-corrected chi connectivity index (χ2v) is 7.10. The fourth-order valence-corrected chi connectivity index (χ4v) is 3.84. The predicted molar refractivity (Wildman–Crippen MR) is 94.0 cm³/mol. The van der Waals surface area contributed by atoms with Crippen LogP contribution in [-0.4, -0.2) is 43.6 Å². The van der Waals surface area contributed by atoms with E-state index >= 15 is 0 Å². The lowest BCUT2D eigenvalue weighted by Gasteiger charge is -2.21. The maximum Gasteiger partial charge on any atom is 0.185 e. The number of aromatic hydroxyl groups is 1. The molecular formula is C17H17N5OS. The van der Waals surface area contributed by atoms with Crippen LogP contribution in [0.5, 0.6) is 5.75 Å². The minimum absolute atomic E-state index is 0.135. The van der Waals surface area contributed by atoms with Crippen LogP contribution >= 0.6 is 11.8 Å². The highest BCUT2D eigenvalue weighted by Crippen LogP contribution is 2.32. The Bertz CT molecular complexity index is 849. The zero-order chi connectivity index (χ0) is 16.4. The number of hydrogen-bond donors (Lipinski definition) is 2. The number of rotatable bonds is 3.